The van der Waals surface area contributed by atoms with E-state index in [9.17, 15) is 4.79 Å². The molecule has 0 radical (unpaired) electrons. The van der Waals surface area contributed by atoms with Gasteiger partial charge in [-0.1, -0.05) is 0 Å². The molecule has 3 N–H and O–H groups in total. The number of carbonyl (C=O) groups excluding carboxylic acids is 1. The summed E-state index contributed by atoms with van der Waals surface area (Å²) in [7, 11) is 1.78. The van der Waals surface area contributed by atoms with E-state index in [2.05, 4.69) is 25.6 Å². The Morgan fingerprint density at radius 1 is 1.41 bits per heavy atom. The van der Waals surface area contributed by atoms with Crippen molar-refractivity contribution in [1.29, 1.82) is 0 Å². The first-order valence-corrected chi connectivity index (χ1v) is 5.20. The summed E-state index contributed by atoms with van der Waals surface area (Å²) in [5.41, 5.74) is 0.524. The Bertz CT molecular complexity index is 477. The number of H-pyrrole nitrogens is 1. The highest BCUT2D eigenvalue weighted by atomic mass is 16.1. The largest absolute Gasteiger partial charge is 0.373 e. The molecule has 0 aliphatic carbocycles. The van der Waals surface area contributed by atoms with Crippen LogP contribution in [0.15, 0.2) is 30.7 Å². The fourth-order valence-electron chi connectivity index (χ4n) is 1.34. The van der Waals surface area contributed by atoms with Crippen LogP contribution in [0.25, 0.3) is 0 Å². The number of hydrogen-bond donors (Lipinski definition) is 3. The van der Waals surface area contributed by atoms with Gasteiger partial charge in [0.25, 0.3) is 5.91 Å². The van der Waals surface area contributed by atoms with Crippen LogP contribution in [0.3, 0.4) is 0 Å². The minimum atomic E-state index is -0.170. The number of imidazole rings is 1. The number of carbonyl (C=O) groups is 1. The van der Waals surface area contributed by atoms with E-state index in [1.54, 1.807) is 31.6 Å². The van der Waals surface area contributed by atoms with E-state index in [0.717, 1.165) is 11.6 Å². The molecule has 0 saturated heterocycles. The van der Waals surface area contributed by atoms with E-state index < -0.39 is 0 Å². The lowest BCUT2D eigenvalue weighted by atomic mass is 10.2. The van der Waals surface area contributed by atoms with E-state index in [4.69, 9.17) is 0 Å². The number of rotatable bonds is 4. The van der Waals surface area contributed by atoms with Crippen molar-refractivity contribution in [3.63, 3.8) is 0 Å². The maximum Gasteiger partial charge on any atom is 0.253 e. The van der Waals surface area contributed by atoms with Crippen molar-refractivity contribution >= 4 is 11.7 Å². The zero-order chi connectivity index (χ0) is 12.1. The molecule has 0 aromatic carbocycles. The van der Waals surface area contributed by atoms with Gasteiger partial charge < -0.3 is 15.6 Å². The van der Waals surface area contributed by atoms with E-state index in [1.807, 2.05) is 0 Å². The molecule has 0 saturated carbocycles. The molecule has 2 heterocycles. The average Bonchev–Trinajstić information content (AvgIpc) is 2.89. The zero-order valence-corrected chi connectivity index (χ0v) is 9.40. The monoisotopic (exact) mass is 231 g/mol. The minimum absolute atomic E-state index is 0.170. The zero-order valence-electron chi connectivity index (χ0n) is 9.40. The molecule has 0 aliphatic rings. The molecule has 17 heavy (non-hydrogen) atoms. The fourth-order valence-corrected chi connectivity index (χ4v) is 1.34. The van der Waals surface area contributed by atoms with Crippen LogP contribution in [0, 0.1) is 0 Å². The van der Waals surface area contributed by atoms with Crippen LogP contribution in [0.2, 0.25) is 0 Å². The molecule has 0 fully saturated rings. The Labute approximate surface area is 98.5 Å². The van der Waals surface area contributed by atoms with Gasteiger partial charge in [-0.3, -0.25) is 4.79 Å². The first-order chi connectivity index (χ1) is 8.29. The molecule has 2 rings (SSSR count). The minimum Gasteiger partial charge on any atom is -0.373 e. The number of nitrogens with zero attached hydrogens (tertiary/aromatic N) is 2. The number of hydrogen-bond acceptors (Lipinski definition) is 4. The van der Waals surface area contributed by atoms with Crippen molar-refractivity contribution in [3.05, 3.63) is 42.1 Å². The number of aromatic amines is 1. The molecular formula is C11H13N5O. The number of aromatic nitrogens is 3. The van der Waals surface area contributed by atoms with E-state index >= 15 is 0 Å². The van der Waals surface area contributed by atoms with Crippen LogP contribution in [0.1, 0.15) is 16.2 Å². The Morgan fingerprint density at radius 2 is 2.29 bits per heavy atom. The van der Waals surface area contributed by atoms with E-state index in [-0.39, 0.29) is 5.91 Å². The Balaban J connectivity index is 1.95. The van der Waals surface area contributed by atoms with Crippen LogP contribution >= 0.6 is 0 Å². The van der Waals surface area contributed by atoms with Crippen LogP contribution < -0.4 is 10.6 Å². The van der Waals surface area contributed by atoms with Gasteiger partial charge in [0.15, 0.2) is 0 Å². The third kappa shape index (κ3) is 2.81. The molecule has 0 atom stereocenters. The SMILES string of the molecule is CNc1ccc(C(=O)NCc2ncc[nH]2)cn1. The highest BCUT2D eigenvalue weighted by Crippen LogP contribution is 2.04. The van der Waals surface area contributed by atoms with Crippen LogP contribution in [-0.4, -0.2) is 27.9 Å². The second-order valence-electron chi connectivity index (χ2n) is 3.40. The second-order valence-corrected chi connectivity index (χ2v) is 3.40. The molecule has 0 aliphatic heterocycles. The third-order valence-electron chi connectivity index (χ3n) is 2.25. The Kier molecular flexibility index (Phi) is 3.34. The first-order valence-electron chi connectivity index (χ1n) is 5.20. The molecule has 0 bridgehead atoms. The number of pyridine rings is 1. The van der Waals surface area contributed by atoms with Gasteiger partial charge in [0, 0.05) is 25.6 Å². The predicted octanol–water partition coefficient (Wildman–Crippen LogP) is 0.776. The number of amides is 1. The fraction of sp³-hybridized carbons (Fsp3) is 0.182. The summed E-state index contributed by atoms with van der Waals surface area (Å²) in [5.74, 6) is 1.28. The highest BCUT2D eigenvalue weighted by Gasteiger charge is 2.06. The molecule has 6 nitrogen and oxygen atoms in total. The summed E-state index contributed by atoms with van der Waals surface area (Å²) < 4.78 is 0. The van der Waals surface area contributed by atoms with Crippen molar-refractivity contribution in [2.45, 2.75) is 6.54 Å². The second kappa shape index (κ2) is 5.11. The lowest BCUT2D eigenvalue weighted by Gasteiger charge is -2.04. The van der Waals surface area contributed by atoms with Crippen molar-refractivity contribution < 1.29 is 4.79 Å². The molecule has 6 heteroatoms. The summed E-state index contributed by atoms with van der Waals surface area (Å²) in [6, 6.07) is 3.47. The molecular weight excluding hydrogens is 218 g/mol. The number of nitrogens with one attached hydrogen (secondary N) is 3. The van der Waals surface area contributed by atoms with Gasteiger partial charge in [-0.25, -0.2) is 9.97 Å². The normalized spacial score (nSPS) is 9.94. The highest BCUT2D eigenvalue weighted by molar-refractivity contribution is 5.93. The topological polar surface area (TPSA) is 82.7 Å². The standard InChI is InChI=1S/C11H13N5O/c1-12-9-3-2-8(6-15-9)11(17)16-7-10-13-4-5-14-10/h2-6H,7H2,1H3,(H,12,15)(H,13,14)(H,16,17). The Morgan fingerprint density at radius 3 is 2.88 bits per heavy atom. The van der Waals surface area contributed by atoms with Crippen molar-refractivity contribution in [2.24, 2.45) is 0 Å². The van der Waals surface area contributed by atoms with E-state index in [0.29, 0.717) is 12.1 Å². The van der Waals surface area contributed by atoms with Crippen molar-refractivity contribution in [1.82, 2.24) is 20.3 Å². The van der Waals surface area contributed by atoms with Crippen molar-refractivity contribution in [3.8, 4) is 0 Å². The molecule has 0 unspecified atom stereocenters. The van der Waals surface area contributed by atoms with Gasteiger partial charge >= 0.3 is 0 Å². The maximum atomic E-state index is 11.7. The summed E-state index contributed by atoms with van der Waals surface area (Å²) in [6.07, 6.45) is 4.89. The van der Waals surface area contributed by atoms with Gasteiger partial charge in [-0.2, -0.15) is 0 Å². The molecule has 2 aromatic rings. The summed E-state index contributed by atoms with van der Waals surface area (Å²) in [6.45, 7) is 0.375. The predicted molar refractivity (Wildman–Crippen MR) is 63.5 cm³/mol. The van der Waals surface area contributed by atoms with Crippen LogP contribution in [0.5, 0.6) is 0 Å². The average molecular weight is 231 g/mol. The first kappa shape index (κ1) is 11.1. The van der Waals surface area contributed by atoms with Gasteiger partial charge in [0.1, 0.15) is 11.6 Å². The Hall–Kier alpha value is -2.37. The molecule has 88 valence electrons. The molecule has 2 aromatic heterocycles. The lowest BCUT2D eigenvalue weighted by Crippen LogP contribution is -2.23. The summed E-state index contributed by atoms with van der Waals surface area (Å²) >= 11 is 0. The maximum absolute atomic E-state index is 11.7. The van der Waals surface area contributed by atoms with Gasteiger partial charge in [-0.15, -0.1) is 0 Å². The molecule has 1 amide bonds. The van der Waals surface area contributed by atoms with Crippen LogP contribution in [0.4, 0.5) is 5.82 Å². The quantitative estimate of drug-likeness (QED) is 0.726. The third-order valence-corrected chi connectivity index (χ3v) is 2.25. The van der Waals surface area contributed by atoms with E-state index in [1.165, 1.54) is 6.20 Å². The van der Waals surface area contributed by atoms with Gasteiger partial charge in [0.05, 0.1) is 12.1 Å². The molecule has 0 spiro atoms. The van der Waals surface area contributed by atoms with Gasteiger partial charge in [-0.05, 0) is 12.1 Å². The number of anilines is 1. The lowest BCUT2D eigenvalue weighted by molar-refractivity contribution is 0.0949. The summed E-state index contributed by atoms with van der Waals surface area (Å²) in [4.78, 5) is 22.7. The summed E-state index contributed by atoms with van der Waals surface area (Å²) in [5, 5.41) is 5.64. The van der Waals surface area contributed by atoms with Gasteiger partial charge in [0.2, 0.25) is 0 Å². The van der Waals surface area contributed by atoms with Crippen LogP contribution in [-0.2, 0) is 6.54 Å². The smallest absolute Gasteiger partial charge is 0.253 e. The van der Waals surface area contributed by atoms with Crippen molar-refractivity contribution in [2.75, 3.05) is 12.4 Å².